The molecule has 0 aliphatic carbocycles. The number of hydrogen-bond acceptors (Lipinski definition) is 5. The molecule has 0 aromatic rings. The summed E-state index contributed by atoms with van der Waals surface area (Å²) in [7, 11) is 0. The number of carbonyl (C=O) groups is 1. The van der Waals surface area contributed by atoms with E-state index in [1.54, 1.807) is 0 Å². The number of aliphatic hydroxyl groups excluding tert-OH is 1. The van der Waals surface area contributed by atoms with Crippen LogP contribution in [0.15, 0.2) is 0 Å². The Morgan fingerprint density at radius 3 is 2.42 bits per heavy atom. The van der Waals surface area contributed by atoms with Crippen LogP contribution in [0.1, 0.15) is 51.4 Å². The molecular formula is C20H36N2O4. The molecule has 0 radical (unpaired) electrons. The Morgan fingerprint density at radius 1 is 1.04 bits per heavy atom. The standard InChI is InChI=1S/C20H36N2O4/c23-18(15-25-16-19-6-5-13-26-19)14-21-11-7-17(8-12-21)20(24)22-9-3-1-2-4-10-22/h17-19,23H,1-16H2. The molecule has 0 aromatic carbocycles. The zero-order chi connectivity index (χ0) is 18.2. The van der Waals surface area contributed by atoms with Crippen LogP contribution in [0.2, 0.25) is 0 Å². The highest BCUT2D eigenvalue weighted by atomic mass is 16.5. The number of amides is 1. The van der Waals surface area contributed by atoms with Gasteiger partial charge < -0.3 is 24.4 Å². The molecule has 0 aromatic heterocycles. The molecule has 3 saturated heterocycles. The summed E-state index contributed by atoms with van der Waals surface area (Å²) in [5.41, 5.74) is 0. The molecule has 1 N–H and O–H groups in total. The zero-order valence-electron chi connectivity index (χ0n) is 16.1. The molecule has 3 heterocycles. The lowest BCUT2D eigenvalue weighted by atomic mass is 9.95. The number of rotatable bonds is 7. The third-order valence-corrected chi connectivity index (χ3v) is 5.96. The fourth-order valence-corrected chi connectivity index (χ4v) is 4.37. The molecule has 150 valence electrons. The number of aliphatic hydroxyl groups is 1. The van der Waals surface area contributed by atoms with E-state index in [2.05, 4.69) is 9.80 Å². The third-order valence-electron chi connectivity index (χ3n) is 5.96. The molecule has 6 heteroatoms. The number of hydrogen-bond donors (Lipinski definition) is 1. The topological polar surface area (TPSA) is 62.2 Å². The van der Waals surface area contributed by atoms with Crippen molar-refractivity contribution in [1.82, 2.24) is 9.80 Å². The van der Waals surface area contributed by atoms with Gasteiger partial charge in [0, 0.05) is 32.2 Å². The van der Waals surface area contributed by atoms with Crippen LogP contribution in [0.4, 0.5) is 0 Å². The molecular weight excluding hydrogens is 332 g/mol. The lowest BCUT2D eigenvalue weighted by Crippen LogP contribution is -2.45. The summed E-state index contributed by atoms with van der Waals surface area (Å²) in [6.45, 7) is 6.10. The van der Waals surface area contributed by atoms with E-state index < -0.39 is 6.10 Å². The second kappa shape index (κ2) is 10.6. The Hall–Kier alpha value is -0.690. The molecule has 0 saturated carbocycles. The second-order valence-electron chi connectivity index (χ2n) is 8.14. The average Bonchev–Trinajstić information content (AvgIpc) is 3.02. The minimum absolute atomic E-state index is 0.178. The molecule has 0 spiro atoms. The molecule has 1 amide bonds. The number of ether oxygens (including phenoxy) is 2. The average molecular weight is 369 g/mol. The fourth-order valence-electron chi connectivity index (χ4n) is 4.37. The highest BCUT2D eigenvalue weighted by molar-refractivity contribution is 5.79. The summed E-state index contributed by atoms with van der Waals surface area (Å²) in [6.07, 6.45) is 8.58. The van der Waals surface area contributed by atoms with Crippen molar-refractivity contribution in [2.75, 3.05) is 52.5 Å². The van der Waals surface area contributed by atoms with Gasteiger partial charge in [-0.2, -0.15) is 0 Å². The third kappa shape index (κ3) is 6.19. The summed E-state index contributed by atoms with van der Waals surface area (Å²) >= 11 is 0. The Labute approximate surface area is 157 Å². The van der Waals surface area contributed by atoms with E-state index in [0.717, 1.165) is 71.3 Å². The van der Waals surface area contributed by atoms with Crippen LogP contribution in [-0.4, -0.2) is 85.6 Å². The van der Waals surface area contributed by atoms with Crippen molar-refractivity contribution in [2.24, 2.45) is 5.92 Å². The van der Waals surface area contributed by atoms with Crippen LogP contribution >= 0.6 is 0 Å². The van der Waals surface area contributed by atoms with Gasteiger partial charge in [0.2, 0.25) is 5.91 Å². The first-order valence-corrected chi connectivity index (χ1v) is 10.6. The Balaban J connectivity index is 1.30. The van der Waals surface area contributed by atoms with Gasteiger partial charge in [-0.05, 0) is 51.6 Å². The lowest BCUT2D eigenvalue weighted by molar-refractivity contribution is -0.137. The van der Waals surface area contributed by atoms with Gasteiger partial charge >= 0.3 is 0 Å². The molecule has 3 rings (SSSR count). The van der Waals surface area contributed by atoms with Gasteiger partial charge in [-0.3, -0.25) is 4.79 Å². The van der Waals surface area contributed by atoms with Crippen LogP contribution in [0.25, 0.3) is 0 Å². The van der Waals surface area contributed by atoms with Crippen LogP contribution < -0.4 is 0 Å². The monoisotopic (exact) mass is 368 g/mol. The zero-order valence-corrected chi connectivity index (χ0v) is 16.1. The maximum atomic E-state index is 12.7. The fraction of sp³-hybridized carbons (Fsp3) is 0.950. The van der Waals surface area contributed by atoms with Crippen molar-refractivity contribution in [3.8, 4) is 0 Å². The van der Waals surface area contributed by atoms with Crippen molar-refractivity contribution in [3.63, 3.8) is 0 Å². The molecule has 2 unspecified atom stereocenters. The number of nitrogens with zero attached hydrogens (tertiary/aromatic N) is 2. The molecule has 3 aliphatic heterocycles. The molecule has 3 fully saturated rings. The summed E-state index contributed by atoms with van der Waals surface area (Å²) < 4.78 is 11.1. The van der Waals surface area contributed by atoms with Gasteiger partial charge in [0.25, 0.3) is 0 Å². The van der Waals surface area contributed by atoms with Crippen LogP contribution in [0.3, 0.4) is 0 Å². The number of β-amino-alcohol motifs (C(OH)–C–C–N with tert-alkyl or cyclic N) is 1. The molecule has 3 aliphatic rings. The van der Waals surface area contributed by atoms with Gasteiger partial charge in [-0.1, -0.05) is 12.8 Å². The summed E-state index contributed by atoms with van der Waals surface area (Å²) in [4.78, 5) is 17.1. The maximum Gasteiger partial charge on any atom is 0.225 e. The van der Waals surface area contributed by atoms with E-state index >= 15 is 0 Å². The van der Waals surface area contributed by atoms with E-state index in [1.807, 2.05) is 0 Å². The van der Waals surface area contributed by atoms with E-state index in [0.29, 0.717) is 25.7 Å². The van der Waals surface area contributed by atoms with Gasteiger partial charge in [0.05, 0.1) is 25.4 Å². The van der Waals surface area contributed by atoms with E-state index in [4.69, 9.17) is 9.47 Å². The molecule has 2 atom stereocenters. The summed E-state index contributed by atoms with van der Waals surface area (Å²) in [6, 6.07) is 0. The van der Waals surface area contributed by atoms with Crippen molar-refractivity contribution in [1.29, 1.82) is 0 Å². The van der Waals surface area contributed by atoms with Gasteiger partial charge in [0.1, 0.15) is 0 Å². The van der Waals surface area contributed by atoms with Crippen LogP contribution in [0.5, 0.6) is 0 Å². The van der Waals surface area contributed by atoms with Crippen LogP contribution in [0, 0.1) is 5.92 Å². The molecule has 6 nitrogen and oxygen atoms in total. The van der Waals surface area contributed by atoms with Crippen molar-refractivity contribution >= 4 is 5.91 Å². The first-order valence-electron chi connectivity index (χ1n) is 10.6. The Morgan fingerprint density at radius 2 is 1.77 bits per heavy atom. The molecule has 0 bridgehead atoms. The predicted molar refractivity (Wildman–Crippen MR) is 100 cm³/mol. The van der Waals surface area contributed by atoms with E-state index in [-0.39, 0.29) is 12.0 Å². The number of likely N-dealkylation sites (tertiary alicyclic amines) is 2. The number of piperidine rings is 1. The smallest absolute Gasteiger partial charge is 0.225 e. The highest BCUT2D eigenvalue weighted by Gasteiger charge is 2.29. The normalized spacial score (nSPS) is 27.4. The number of carbonyl (C=O) groups excluding carboxylic acids is 1. The minimum Gasteiger partial charge on any atom is -0.389 e. The summed E-state index contributed by atoms with van der Waals surface area (Å²) in [5.74, 6) is 0.546. The van der Waals surface area contributed by atoms with Crippen LogP contribution in [-0.2, 0) is 14.3 Å². The van der Waals surface area contributed by atoms with Gasteiger partial charge in [-0.15, -0.1) is 0 Å². The predicted octanol–water partition coefficient (Wildman–Crippen LogP) is 1.66. The summed E-state index contributed by atoms with van der Waals surface area (Å²) in [5, 5.41) is 10.2. The van der Waals surface area contributed by atoms with E-state index in [9.17, 15) is 9.90 Å². The maximum absolute atomic E-state index is 12.7. The van der Waals surface area contributed by atoms with E-state index in [1.165, 1.54) is 12.8 Å². The quantitative estimate of drug-likeness (QED) is 0.740. The minimum atomic E-state index is -0.464. The highest BCUT2D eigenvalue weighted by Crippen LogP contribution is 2.22. The first kappa shape index (κ1) is 20.1. The SMILES string of the molecule is O=C(C1CCN(CC(O)COCC2CCCO2)CC1)N1CCCCCC1. The van der Waals surface area contributed by atoms with Crippen molar-refractivity contribution < 1.29 is 19.4 Å². The lowest BCUT2D eigenvalue weighted by Gasteiger charge is -2.34. The van der Waals surface area contributed by atoms with Gasteiger partial charge in [0.15, 0.2) is 0 Å². The van der Waals surface area contributed by atoms with Gasteiger partial charge in [-0.25, -0.2) is 0 Å². The Kier molecular flexibility index (Phi) is 8.17. The van der Waals surface area contributed by atoms with Crippen molar-refractivity contribution in [2.45, 2.75) is 63.6 Å². The molecule has 26 heavy (non-hydrogen) atoms. The van der Waals surface area contributed by atoms with Crippen molar-refractivity contribution in [3.05, 3.63) is 0 Å². The second-order valence-corrected chi connectivity index (χ2v) is 8.14. The first-order chi connectivity index (χ1) is 12.7. The largest absolute Gasteiger partial charge is 0.389 e. The Bertz CT molecular complexity index is 412.